The van der Waals surface area contributed by atoms with Crippen LogP contribution in [0.15, 0.2) is 83.8 Å². The van der Waals surface area contributed by atoms with E-state index in [1.54, 1.807) is 0 Å². The van der Waals surface area contributed by atoms with Gasteiger partial charge in [0.2, 0.25) is 0 Å². The third-order valence-corrected chi connectivity index (χ3v) is 6.09. The van der Waals surface area contributed by atoms with Gasteiger partial charge in [-0.2, -0.15) is 0 Å². The van der Waals surface area contributed by atoms with Gasteiger partial charge in [-0.25, -0.2) is 0 Å². The van der Waals surface area contributed by atoms with Crippen LogP contribution < -0.4 is 0 Å². The first-order valence-corrected chi connectivity index (χ1v) is 11.5. The van der Waals surface area contributed by atoms with Crippen LogP contribution in [0, 0.1) is 0 Å². The molecule has 30 heavy (non-hydrogen) atoms. The number of aryl methyl sites for hydroxylation is 1. The second-order valence-corrected chi connectivity index (χ2v) is 8.34. The van der Waals surface area contributed by atoms with Crippen molar-refractivity contribution < 1.29 is 4.42 Å². The number of fused-ring (bicyclic) bond motifs is 3. The van der Waals surface area contributed by atoms with Gasteiger partial charge in [0.1, 0.15) is 11.2 Å². The summed E-state index contributed by atoms with van der Waals surface area (Å²) in [5.41, 5.74) is 5.99. The first-order valence-electron chi connectivity index (χ1n) is 11.5. The lowest BCUT2D eigenvalue weighted by atomic mass is 9.99. The zero-order valence-electron chi connectivity index (χ0n) is 17.9. The van der Waals surface area contributed by atoms with Crippen molar-refractivity contribution in [3.05, 3.63) is 90.5 Å². The third kappa shape index (κ3) is 5.02. The lowest BCUT2D eigenvalue weighted by molar-refractivity contribution is 0.581. The topological polar surface area (TPSA) is 13.1 Å². The van der Waals surface area contributed by atoms with Gasteiger partial charge in [-0.05, 0) is 48.4 Å². The number of rotatable bonds is 11. The molecule has 0 saturated carbocycles. The molecule has 0 N–H and O–H groups in total. The zero-order chi connectivity index (χ0) is 20.6. The van der Waals surface area contributed by atoms with Gasteiger partial charge in [0, 0.05) is 10.8 Å². The van der Waals surface area contributed by atoms with E-state index in [0.717, 1.165) is 24.0 Å². The van der Waals surface area contributed by atoms with Gasteiger partial charge in [-0.1, -0.05) is 105 Å². The van der Waals surface area contributed by atoms with E-state index in [1.165, 1.54) is 72.4 Å². The molecule has 0 radical (unpaired) electrons. The highest BCUT2D eigenvalue weighted by molar-refractivity contribution is 6.05. The number of hydrogen-bond acceptors (Lipinski definition) is 1. The minimum atomic E-state index is 0.995. The van der Waals surface area contributed by atoms with Crippen LogP contribution in [0.25, 0.3) is 27.5 Å². The summed E-state index contributed by atoms with van der Waals surface area (Å²) in [5.74, 6) is 0. The Balaban J connectivity index is 1.14. The van der Waals surface area contributed by atoms with Gasteiger partial charge in [-0.3, -0.25) is 0 Å². The van der Waals surface area contributed by atoms with Gasteiger partial charge < -0.3 is 4.42 Å². The SMILES string of the molecule is C=C(CCCCCCCCCc1cccc2c1oc1ccccc12)c1ccccc1. The number of benzene rings is 3. The van der Waals surface area contributed by atoms with E-state index >= 15 is 0 Å². The maximum Gasteiger partial charge on any atom is 0.138 e. The normalized spacial score (nSPS) is 11.3. The summed E-state index contributed by atoms with van der Waals surface area (Å²) in [6.07, 6.45) is 11.3. The van der Waals surface area contributed by atoms with E-state index in [9.17, 15) is 0 Å². The van der Waals surface area contributed by atoms with E-state index in [-0.39, 0.29) is 0 Å². The van der Waals surface area contributed by atoms with Gasteiger partial charge in [0.05, 0.1) is 0 Å². The van der Waals surface area contributed by atoms with Crippen molar-refractivity contribution in [1.29, 1.82) is 0 Å². The molecule has 154 valence electrons. The minimum Gasteiger partial charge on any atom is -0.456 e. The molecule has 0 spiro atoms. The average molecular weight is 397 g/mol. The second kappa shape index (κ2) is 10.3. The highest BCUT2D eigenvalue weighted by Gasteiger charge is 2.09. The molecule has 0 fully saturated rings. The van der Waals surface area contributed by atoms with E-state index in [4.69, 9.17) is 4.42 Å². The third-order valence-electron chi connectivity index (χ3n) is 6.09. The standard InChI is InChI=1S/C29H32O/c1-23(24-16-10-7-11-17-24)15-8-5-3-2-4-6-9-18-25-19-14-21-27-26-20-12-13-22-28(26)30-29(25)27/h7,10-14,16-17,19-22H,1-6,8-9,15,18H2. The molecular weight excluding hydrogens is 364 g/mol. The summed E-state index contributed by atoms with van der Waals surface area (Å²) in [6, 6.07) is 25.5. The molecule has 1 heterocycles. The van der Waals surface area contributed by atoms with Crippen molar-refractivity contribution in [2.24, 2.45) is 0 Å². The Morgan fingerprint density at radius 1 is 0.633 bits per heavy atom. The predicted molar refractivity (Wildman–Crippen MR) is 130 cm³/mol. The Bertz CT molecular complexity index is 1090. The smallest absolute Gasteiger partial charge is 0.138 e. The Hall–Kier alpha value is -2.80. The van der Waals surface area contributed by atoms with Crippen molar-refractivity contribution in [3.63, 3.8) is 0 Å². The maximum atomic E-state index is 6.15. The van der Waals surface area contributed by atoms with Crippen molar-refractivity contribution in [3.8, 4) is 0 Å². The first-order chi connectivity index (χ1) is 14.8. The molecule has 4 aromatic rings. The Morgan fingerprint density at radius 3 is 2.13 bits per heavy atom. The van der Waals surface area contributed by atoms with Crippen LogP contribution in [0.1, 0.15) is 62.5 Å². The highest BCUT2D eigenvalue weighted by Crippen LogP contribution is 2.31. The molecule has 0 aliphatic heterocycles. The molecule has 0 aliphatic rings. The summed E-state index contributed by atoms with van der Waals surface area (Å²) < 4.78 is 6.15. The Morgan fingerprint density at radius 2 is 1.30 bits per heavy atom. The Labute approximate surface area is 180 Å². The lowest BCUT2D eigenvalue weighted by Crippen LogP contribution is -1.88. The van der Waals surface area contributed by atoms with Gasteiger partial charge in [-0.15, -0.1) is 0 Å². The summed E-state index contributed by atoms with van der Waals surface area (Å²) in [5, 5.41) is 2.48. The summed E-state index contributed by atoms with van der Waals surface area (Å²) in [4.78, 5) is 0. The van der Waals surface area contributed by atoms with Crippen molar-refractivity contribution in [2.45, 2.75) is 57.8 Å². The summed E-state index contributed by atoms with van der Waals surface area (Å²) in [6.45, 7) is 4.24. The fourth-order valence-electron chi connectivity index (χ4n) is 4.36. The van der Waals surface area contributed by atoms with Gasteiger partial charge in [0.25, 0.3) is 0 Å². The molecular formula is C29H32O. The molecule has 1 heteroatoms. The largest absolute Gasteiger partial charge is 0.456 e. The van der Waals surface area contributed by atoms with Crippen LogP contribution in [-0.2, 0) is 6.42 Å². The van der Waals surface area contributed by atoms with E-state index in [1.807, 2.05) is 6.07 Å². The summed E-state index contributed by atoms with van der Waals surface area (Å²) >= 11 is 0. The van der Waals surface area contributed by atoms with E-state index < -0.39 is 0 Å². The Kier molecular flexibility index (Phi) is 7.03. The van der Waals surface area contributed by atoms with Crippen molar-refractivity contribution in [1.82, 2.24) is 0 Å². The van der Waals surface area contributed by atoms with Gasteiger partial charge >= 0.3 is 0 Å². The predicted octanol–water partition coefficient (Wildman–Crippen LogP) is 8.96. The lowest BCUT2D eigenvalue weighted by Gasteiger charge is -2.06. The average Bonchev–Trinajstić information content (AvgIpc) is 3.18. The molecule has 0 unspecified atom stereocenters. The monoisotopic (exact) mass is 396 g/mol. The highest BCUT2D eigenvalue weighted by atomic mass is 16.3. The molecule has 0 aliphatic carbocycles. The number of furan rings is 1. The fourth-order valence-corrected chi connectivity index (χ4v) is 4.36. The summed E-state index contributed by atoms with van der Waals surface area (Å²) in [7, 11) is 0. The van der Waals surface area contributed by atoms with Crippen LogP contribution in [-0.4, -0.2) is 0 Å². The molecule has 3 aromatic carbocycles. The minimum absolute atomic E-state index is 0.995. The maximum absolute atomic E-state index is 6.15. The van der Waals surface area contributed by atoms with E-state index in [0.29, 0.717) is 0 Å². The second-order valence-electron chi connectivity index (χ2n) is 8.34. The number of para-hydroxylation sites is 2. The number of unbranched alkanes of at least 4 members (excludes halogenated alkanes) is 6. The molecule has 1 aromatic heterocycles. The molecule has 0 saturated heterocycles. The van der Waals surface area contributed by atoms with Gasteiger partial charge in [0.15, 0.2) is 0 Å². The van der Waals surface area contributed by atoms with Crippen molar-refractivity contribution >= 4 is 27.5 Å². The fraction of sp³-hybridized carbons (Fsp3) is 0.310. The molecule has 0 bridgehead atoms. The van der Waals surface area contributed by atoms with Crippen LogP contribution in [0.3, 0.4) is 0 Å². The van der Waals surface area contributed by atoms with Crippen molar-refractivity contribution in [2.75, 3.05) is 0 Å². The van der Waals surface area contributed by atoms with E-state index in [2.05, 4.69) is 73.3 Å². The van der Waals surface area contributed by atoms with Crippen LogP contribution >= 0.6 is 0 Å². The number of hydrogen-bond donors (Lipinski definition) is 0. The molecule has 1 nitrogen and oxygen atoms in total. The number of allylic oxidation sites excluding steroid dienone is 1. The first kappa shape index (κ1) is 20.5. The van der Waals surface area contributed by atoms with Crippen LogP contribution in [0.4, 0.5) is 0 Å². The molecule has 0 atom stereocenters. The zero-order valence-corrected chi connectivity index (χ0v) is 17.9. The van der Waals surface area contributed by atoms with Crippen LogP contribution in [0.2, 0.25) is 0 Å². The molecule has 4 rings (SSSR count). The van der Waals surface area contributed by atoms with Crippen LogP contribution in [0.5, 0.6) is 0 Å². The molecule has 0 amide bonds. The quantitative estimate of drug-likeness (QED) is 0.231.